The molecule has 17 heavy (non-hydrogen) atoms. The van der Waals surface area contributed by atoms with E-state index < -0.39 is 0 Å². The molecule has 0 amide bonds. The van der Waals surface area contributed by atoms with Crippen LogP contribution in [0, 0.1) is 0 Å². The summed E-state index contributed by atoms with van der Waals surface area (Å²) in [5.74, 6) is 0. The van der Waals surface area contributed by atoms with Gasteiger partial charge >= 0.3 is 0 Å². The Kier molecular flexibility index (Phi) is 7.96. The summed E-state index contributed by atoms with van der Waals surface area (Å²) in [5.41, 5.74) is 12.0. The van der Waals surface area contributed by atoms with Gasteiger partial charge in [0.25, 0.3) is 0 Å². The normalized spacial score (nSPS) is 16.2. The highest BCUT2D eigenvalue weighted by Crippen LogP contribution is 2.04. The highest BCUT2D eigenvalue weighted by atomic mass is 15.0. The molecule has 0 rings (SSSR count). The molecule has 0 bridgehead atoms. The highest BCUT2D eigenvalue weighted by molar-refractivity contribution is 4.82. The maximum absolute atomic E-state index is 6.22. The molecule has 0 aliphatic heterocycles. The highest BCUT2D eigenvalue weighted by Gasteiger charge is 2.18. The van der Waals surface area contributed by atoms with Crippen LogP contribution in [0.4, 0.5) is 0 Å². The largest absolute Gasteiger partial charge is 0.330 e. The molecule has 0 aromatic carbocycles. The van der Waals surface area contributed by atoms with E-state index in [0.717, 1.165) is 19.4 Å². The van der Waals surface area contributed by atoms with Crippen molar-refractivity contribution >= 4 is 0 Å². The van der Waals surface area contributed by atoms with E-state index in [9.17, 15) is 0 Å². The average molecular weight is 244 g/mol. The fourth-order valence-electron chi connectivity index (χ4n) is 1.84. The van der Waals surface area contributed by atoms with E-state index in [-0.39, 0.29) is 11.6 Å². The molecule has 4 nitrogen and oxygen atoms in total. The second-order valence-electron chi connectivity index (χ2n) is 6.13. The summed E-state index contributed by atoms with van der Waals surface area (Å²) in [6, 6.07) is 0.936. The lowest BCUT2D eigenvalue weighted by Crippen LogP contribution is -2.50. The molecule has 0 heterocycles. The Hall–Kier alpha value is -0.160. The summed E-state index contributed by atoms with van der Waals surface area (Å²) in [4.78, 5) is 0. The van der Waals surface area contributed by atoms with Gasteiger partial charge in [-0.15, -0.1) is 0 Å². The van der Waals surface area contributed by atoms with E-state index >= 15 is 0 Å². The van der Waals surface area contributed by atoms with Crippen molar-refractivity contribution in [3.63, 3.8) is 0 Å². The molecular weight excluding hydrogens is 212 g/mol. The molecule has 104 valence electrons. The van der Waals surface area contributed by atoms with Gasteiger partial charge < -0.3 is 22.1 Å². The Balaban J connectivity index is 4.00. The molecule has 2 unspecified atom stereocenters. The summed E-state index contributed by atoms with van der Waals surface area (Å²) in [5, 5.41) is 6.96. The zero-order valence-corrected chi connectivity index (χ0v) is 12.2. The Morgan fingerprint density at radius 1 is 1.12 bits per heavy atom. The van der Waals surface area contributed by atoms with Crippen molar-refractivity contribution < 1.29 is 0 Å². The number of rotatable bonds is 8. The number of nitrogens with two attached hydrogens (primary N) is 2. The summed E-state index contributed by atoms with van der Waals surface area (Å²) in [6.07, 6.45) is 1.91. The predicted molar refractivity (Wildman–Crippen MR) is 76.1 cm³/mol. The second kappa shape index (κ2) is 8.03. The van der Waals surface area contributed by atoms with Crippen LogP contribution in [0.3, 0.4) is 0 Å². The quantitative estimate of drug-likeness (QED) is 0.510. The maximum Gasteiger partial charge on any atom is 0.0233 e. The van der Waals surface area contributed by atoms with E-state index in [1.54, 1.807) is 0 Å². The molecular formula is C13H32N4. The summed E-state index contributed by atoms with van der Waals surface area (Å²) >= 11 is 0. The monoisotopic (exact) mass is 244 g/mol. The fraction of sp³-hybridized carbons (Fsp3) is 1.00. The van der Waals surface area contributed by atoms with E-state index in [2.05, 4.69) is 45.3 Å². The summed E-state index contributed by atoms with van der Waals surface area (Å²) < 4.78 is 0. The molecule has 0 aromatic rings. The first-order chi connectivity index (χ1) is 7.76. The van der Waals surface area contributed by atoms with Crippen molar-refractivity contribution in [2.75, 3.05) is 13.1 Å². The van der Waals surface area contributed by atoms with E-state index in [4.69, 9.17) is 11.5 Å². The van der Waals surface area contributed by atoms with E-state index in [1.165, 1.54) is 0 Å². The van der Waals surface area contributed by atoms with E-state index in [0.29, 0.717) is 18.6 Å². The van der Waals surface area contributed by atoms with Gasteiger partial charge in [-0.3, -0.25) is 0 Å². The molecule has 2 atom stereocenters. The topological polar surface area (TPSA) is 76.1 Å². The van der Waals surface area contributed by atoms with Gasteiger partial charge in [0.15, 0.2) is 0 Å². The van der Waals surface area contributed by atoms with Crippen LogP contribution < -0.4 is 22.1 Å². The van der Waals surface area contributed by atoms with Crippen molar-refractivity contribution in [2.45, 2.75) is 71.1 Å². The molecule has 0 saturated heterocycles. The Morgan fingerprint density at radius 3 is 2.12 bits per heavy atom. The SMILES string of the molecule is CC(C)NC(CCN)C(N)CCNC(C)(C)C. The average Bonchev–Trinajstić information content (AvgIpc) is 2.14. The third kappa shape index (κ3) is 9.53. The minimum Gasteiger partial charge on any atom is -0.330 e. The number of nitrogens with one attached hydrogen (secondary N) is 2. The zero-order chi connectivity index (χ0) is 13.5. The van der Waals surface area contributed by atoms with Crippen LogP contribution in [-0.4, -0.2) is 36.8 Å². The van der Waals surface area contributed by atoms with Gasteiger partial charge in [0, 0.05) is 23.7 Å². The van der Waals surface area contributed by atoms with Crippen LogP contribution in [0.5, 0.6) is 0 Å². The van der Waals surface area contributed by atoms with Crippen LogP contribution in [0.15, 0.2) is 0 Å². The molecule has 0 spiro atoms. The predicted octanol–water partition coefficient (Wildman–Crippen LogP) is 0.807. The van der Waals surface area contributed by atoms with Gasteiger partial charge in [-0.1, -0.05) is 13.8 Å². The van der Waals surface area contributed by atoms with Crippen LogP contribution >= 0.6 is 0 Å². The van der Waals surface area contributed by atoms with Gasteiger partial charge in [-0.05, 0) is 46.7 Å². The van der Waals surface area contributed by atoms with Crippen LogP contribution in [0.1, 0.15) is 47.5 Å². The number of hydrogen-bond donors (Lipinski definition) is 4. The van der Waals surface area contributed by atoms with Crippen molar-refractivity contribution in [3.8, 4) is 0 Å². The van der Waals surface area contributed by atoms with Crippen LogP contribution in [-0.2, 0) is 0 Å². The van der Waals surface area contributed by atoms with E-state index in [1.807, 2.05) is 0 Å². The molecule has 0 aromatic heterocycles. The lowest BCUT2D eigenvalue weighted by Gasteiger charge is -2.28. The number of hydrogen-bond acceptors (Lipinski definition) is 4. The van der Waals surface area contributed by atoms with Gasteiger partial charge in [0.2, 0.25) is 0 Å². The fourth-order valence-corrected chi connectivity index (χ4v) is 1.84. The lowest BCUT2D eigenvalue weighted by atomic mass is 10.0. The van der Waals surface area contributed by atoms with Gasteiger partial charge in [0.1, 0.15) is 0 Å². The van der Waals surface area contributed by atoms with Gasteiger partial charge in [0.05, 0.1) is 0 Å². The first kappa shape index (κ1) is 16.8. The Morgan fingerprint density at radius 2 is 1.71 bits per heavy atom. The first-order valence-corrected chi connectivity index (χ1v) is 6.73. The molecule has 6 N–H and O–H groups in total. The third-order valence-electron chi connectivity index (χ3n) is 2.67. The molecule has 0 saturated carbocycles. The minimum atomic E-state index is 0.161. The van der Waals surface area contributed by atoms with Crippen molar-refractivity contribution in [1.82, 2.24) is 10.6 Å². The standard InChI is InChI=1S/C13H32N4/c1-10(2)17-12(6-8-14)11(15)7-9-16-13(3,4)5/h10-12,16-17H,6-9,14-15H2,1-5H3. The lowest BCUT2D eigenvalue weighted by molar-refractivity contribution is 0.345. The minimum absolute atomic E-state index is 0.161. The Bertz CT molecular complexity index is 186. The molecule has 0 fully saturated rings. The third-order valence-corrected chi connectivity index (χ3v) is 2.67. The molecule has 0 radical (unpaired) electrons. The van der Waals surface area contributed by atoms with Crippen molar-refractivity contribution in [3.05, 3.63) is 0 Å². The Labute approximate surface area is 107 Å². The van der Waals surface area contributed by atoms with Crippen molar-refractivity contribution in [1.29, 1.82) is 0 Å². The van der Waals surface area contributed by atoms with Gasteiger partial charge in [-0.25, -0.2) is 0 Å². The smallest absolute Gasteiger partial charge is 0.0233 e. The van der Waals surface area contributed by atoms with Crippen LogP contribution in [0.25, 0.3) is 0 Å². The zero-order valence-electron chi connectivity index (χ0n) is 12.2. The maximum atomic E-state index is 6.22. The molecule has 0 aliphatic carbocycles. The summed E-state index contributed by atoms with van der Waals surface area (Å²) in [6.45, 7) is 12.4. The second-order valence-corrected chi connectivity index (χ2v) is 6.13. The van der Waals surface area contributed by atoms with Crippen molar-refractivity contribution in [2.24, 2.45) is 11.5 Å². The summed E-state index contributed by atoms with van der Waals surface area (Å²) in [7, 11) is 0. The molecule has 0 aliphatic rings. The van der Waals surface area contributed by atoms with Crippen LogP contribution in [0.2, 0.25) is 0 Å². The molecule has 4 heteroatoms. The van der Waals surface area contributed by atoms with Gasteiger partial charge in [-0.2, -0.15) is 0 Å². The first-order valence-electron chi connectivity index (χ1n) is 6.73.